The highest BCUT2D eigenvalue weighted by atomic mass is 32.1. The molecule has 0 spiro atoms. The highest BCUT2D eigenvalue weighted by Crippen LogP contribution is 2.25. The van der Waals surface area contributed by atoms with Crippen LogP contribution < -0.4 is 10.6 Å². The van der Waals surface area contributed by atoms with Gasteiger partial charge < -0.3 is 4.90 Å². The van der Waals surface area contributed by atoms with E-state index >= 15 is 0 Å². The monoisotopic (exact) mass is 439 g/mol. The molecule has 164 valence electrons. The molecular weight excluding hydrogens is 410 g/mol. The maximum atomic E-state index is 12.4. The summed E-state index contributed by atoms with van der Waals surface area (Å²) in [6.07, 6.45) is 3.44. The van der Waals surface area contributed by atoms with Crippen molar-refractivity contribution in [3.05, 3.63) is 53.8 Å². The predicted molar refractivity (Wildman–Crippen MR) is 126 cm³/mol. The molecular formula is C22H29N7OS. The molecule has 2 N–H and O–H groups in total. The van der Waals surface area contributed by atoms with Gasteiger partial charge in [-0.25, -0.2) is 14.8 Å². The number of likely N-dealkylation sites (N-methyl/N-ethyl adjacent to an activating group) is 2. The number of nitrogens with zero attached hydrogens (tertiary/aromatic N) is 5. The van der Waals surface area contributed by atoms with Gasteiger partial charge in [0.2, 0.25) is 0 Å². The Balaban J connectivity index is 1.52. The van der Waals surface area contributed by atoms with Crippen LogP contribution in [0.1, 0.15) is 19.5 Å². The number of urea groups is 1. The second-order valence-corrected chi connectivity index (χ2v) is 7.99. The zero-order valence-electron chi connectivity index (χ0n) is 18.2. The maximum Gasteiger partial charge on any atom is 0.326 e. The van der Waals surface area contributed by atoms with Gasteiger partial charge in [-0.2, -0.15) is 0 Å². The van der Waals surface area contributed by atoms with Crippen molar-refractivity contribution in [2.45, 2.75) is 20.4 Å². The molecule has 0 bridgehead atoms. The zero-order chi connectivity index (χ0) is 22.1. The number of hydrogen-bond acceptors (Lipinski definition) is 7. The van der Waals surface area contributed by atoms with Gasteiger partial charge >= 0.3 is 6.03 Å². The van der Waals surface area contributed by atoms with Crippen molar-refractivity contribution in [1.29, 1.82) is 0 Å². The molecule has 0 aliphatic carbocycles. The van der Waals surface area contributed by atoms with Gasteiger partial charge in [0.1, 0.15) is 16.6 Å². The first kappa shape index (κ1) is 22.8. The Hall–Kier alpha value is -2.88. The fourth-order valence-corrected chi connectivity index (χ4v) is 3.83. The fourth-order valence-electron chi connectivity index (χ4n) is 3.07. The van der Waals surface area contributed by atoms with Crippen LogP contribution in [0.4, 0.5) is 16.4 Å². The van der Waals surface area contributed by atoms with E-state index in [1.807, 2.05) is 29.6 Å². The minimum Gasteiger partial charge on any atom is -0.303 e. The summed E-state index contributed by atoms with van der Waals surface area (Å²) in [4.78, 5) is 30.0. The normalized spacial score (nSPS) is 11.1. The quantitative estimate of drug-likeness (QED) is 0.496. The van der Waals surface area contributed by atoms with Crippen LogP contribution in [0.5, 0.6) is 0 Å². The number of carbonyl (C=O) groups excluding carboxylic acids is 1. The number of carbonyl (C=O) groups is 1. The van der Waals surface area contributed by atoms with E-state index in [4.69, 9.17) is 0 Å². The van der Waals surface area contributed by atoms with Crippen LogP contribution in [0.25, 0.3) is 10.6 Å². The van der Waals surface area contributed by atoms with Crippen LogP contribution >= 0.6 is 11.3 Å². The molecule has 3 aromatic rings. The first-order valence-electron chi connectivity index (χ1n) is 10.4. The largest absolute Gasteiger partial charge is 0.326 e. The van der Waals surface area contributed by atoms with E-state index in [0.29, 0.717) is 11.6 Å². The first-order chi connectivity index (χ1) is 15.1. The highest BCUT2D eigenvalue weighted by molar-refractivity contribution is 7.13. The first-order valence-corrected chi connectivity index (χ1v) is 11.3. The third-order valence-electron chi connectivity index (χ3n) is 4.85. The number of anilines is 2. The zero-order valence-corrected chi connectivity index (χ0v) is 19.0. The molecule has 3 rings (SSSR count). The van der Waals surface area contributed by atoms with E-state index < -0.39 is 0 Å². The SMILES string of the molecule is CCN(CC)CCN(C)Cc1cccc(NC(=O)Nc2csc(-c3ccncc3)n2)n1. The molecule has 2 amide bonds. The Labute approximate surface area is 187 Å². The topological polar surface area (TPSA) is 86.3 Å². The van der Waals surface area contributed by atoms with Gasteiger partial charge in [-0.3, -0.25) is 20.5 Å². The van der Waals surface area contributed by atoms with Gasteiger partial charge in [0.05, 0.1) is 5.69 Å². The second-order valence-electron chi connectivity index (χ2n) is 7.13. The fraction of sp³-hybridized carbons (Fsp3) is 0.364. The van der Waals surface area contributed by atoms with Gasteiger partial charge in [0.25, 0.3) is 0 Å². The van der Waals surface area contributed by atoms with Crippen LogP contribution in [0.2, 0.25) is 0 Å². The van der Waals surface area contributed by atoms with Crippen molar-refractivity contribution >= 4 is 29.0 Å². The molecule has 3 aromatic heterocycles. The Kier molecular flexibility index (Phi) is 8.45. The summed E-state index contributed by atoms with van der Waals surface area (Å²) >= 11 is 1.46. The number of rotatable bonds is 10. The second kappa shape index (κ2) is 11.5. The Morgan fingerprint density at radius 2 is 1.74 bits per heavy atom. The number of pyridine rings is 2. The van der Waals surface area contributed by atoms with Crippen molar-refractivity contribution in [1.82, 2.24) is 24.8 Å². The number of nitrogens with one attached hydrogen (secondary N) is 2. The van der Waals surface area contributed by atoms with Crippen LogP contribution in [0.15, 0.2) is 48.1 Å². The average molecular weight is 440 g/mol. The smallest absolute Gasteiger partial charge is 0.303 e. The van der Waals surface area contributed by atoms with Crippen LogP contribution in [-0.2, 0) is 6.54 Å². The average Bonchev–Trinajstić information content (AvgIpc) is 3.23. The third kappa shape index (κ3) is 7.09. The third-order valence-corrected chi connectivity index (χ3v) is 5.74. The summed E-state index contributed by atoms with van der Waals surface area (Å²) in [6, 6.07) is 9.06. The van der Waals surface area contributed by atoms with Gasteiger partial charge in [-0.15, -0.1) is 11.3 Å². The minimum absolute atomic E-state index is 0.369. The van der Waals surface area contributed by atoms with Crippen molar-refractivity contribution in [3.8, 4) is 10.6 Å². The Bertz CT molecular complexity index is 959. The lowest BCUT2D eigenvalue weighted by Crippen LogP contribution is -2.33. The minimum atomic E-state index is -0.369. The molecule has 0 saturated carbocycles. The molecule has 8 nitrogen and oxygen atoms in total. The van der Waals surface area contributed by atoms with Crippen molar-refractivity contribution in [2.24, 2.45) is 0 Å². The molecule has 9 heteroatoms. The van der Waals surface area contributed by atoms with Gasteiger partial charge in [-0.1, -0.05) is 19.9 Å². The van der Waals surface area contributed by atoms with Gasteiger partial charge in [0, 0.05) is 43.0 Å². The molecule has 0 unspecified atom stereocenters. The van der Waals surface area contributed by atoms with Crippen LogP contribution in [0, 0.1) is 0 Å². The molecule has 31 heavy (non-hydrogen) atoms. The van der Waals surface area contributed by atoms with Crippen LogP contribution in [-0.4, -0.2) is 64.0 Å². The molecule has 0 aliphatic heterocycles. The van der Waals surface area contributed by atoms with E-state index in [0.717, 1.165) is 49.0 Å². The summed E-state index contributed by atoms with van der Waals surface area (Å²) in [5, 5.41) is 8.19. The Morgan fingerprint density at radius 3 is 2.48 bits per heavy atom. The van der Waals surface area contributed by atoms with Crippen molar-refractivity contribution in [3.63, 3.8) is 0 Å². The highest BCUT2D eigenvalue weighted by Gasteiger charge is 2.10. The number of amides is 2. The van der Waals surface area contributed by atoms with Crippen molar-refractivity contribution < 1.29 is 4.79 Å². The van der Waals surface area contributed by atoms with Gasteiger partial charge in [0.15, 0.2) is 0 Å². The summed E-state index contributed by atoms with van der Waals surface area (Å²) < 4.78 is 0. The molecule has 0 aromatic carbocycles. The van der Waals surface area contributed by atoms with E-state index in [9.17, 15) is 4.79 Å². The standard InChI is InChI=1S/C22H29N7OS/c1-4-29(5-2)14-13-28(3)15-18-7-6-8-19(24-18)26-22(30)27-20-16-31-21(25-20)17-9-11-23-12-10-17/h6-12,16H,4-5,13-15H2,1-3H3,(H2,24,26,27,30). The molecule has 0 saturated heterocycles. The summed E-state index contributed by atoms with van der Waals surface area (Å²) in [5.41, 5.74) is 1.88. The number of thiazole rings is 1. The summed E-state index contributed by atoms with van der Waals surface area (Å²) in [5.74, 6) is 1.01. The van der Waals surface area contributed by atoms with Gasteiger partial charge in [-0.05, 0) is 44.4 Å². The summed E-state index contributed by atoms with van der Waals surface area (Å²) in [6.45, 7) is 9.18. The van der Waals surface area contributed by atoms with E-state index in [1.165, 1.54) is 11.3 Å². The van der Waals surface area contributed by atoms with Crippen LogP contribution in [0.3, 0.4) is 0 Å². The molecule has 3 heterocycles. The summed E-state index contributed by atoms with van der Waals surface area (Å²) in [7, 11) is 2.08. The lowest BCUT2D eigenvalue weighted by Gasteiger charge is -2.22. The molecule has 0 fully saturated rings. The molecule has 0 radical (unpaired) electrons. The lowest BCUT2D eigenvalue weighted by molar-refractivity contribution is 0.235. The maximum absolute atomic E-state index is 12.4. The van der Waals surface area contributed by atoms with Crippen molar-refractivity contribution in [2.75, 3.05) is 43.9 Å². The molecule has 0 aliphatic rings. The van der Waals surface area contributed by atoms with E-state index in [-0.39, 0.29) is 6.03 Å². The molecule has 0 atom stereocenters. The number of hydrogen-bond donors (Lipinski definition) is 2. The van der Waals surface area contributed by atoms with E-state index in [1.54, 1.807) is 18.5 Å². The van der Waals surface area contributed by atoms with E-state index in [2.05, 4.69) is 56.3 Å². The lowest BCUT2D eigenvalue weighted by atomic mass is 10.3. The number of aromatic nitrogens is 3. The Morgan fingerprint density at radius 1 is 1.00 bits per heavy atom. The predicted octanol–water partition coefficient (Wildman–Crippen LogP) is 4.02.